The van der Waals surface area contributed by atoms with Crippen LogP contribution in [0, 0.1) is 22.7 Å². The molecule has 2 aliphatic carbocycles. The molecule has 5 nitrogen and oxygen atoms in total. The van der Waals surface area contributed by atoms with Gasteiger partial charge in [-0.2, -0.15) is 5.26 Å². The molecule has 5 rings (SSSR count). The average Bonchev–Trinajstić information content (AvgIpc) is 2.88. The summed E-state index contributed by atoms with van der Waals surface area (Å²) in [6, 6.07) is 7.92. The Balaban J connectivity index is 1.47. The number of rotatable bonds is 2. The van der Waals surface area contributed by atoms with Crippen LogP contribution in [-0.4, -0.2) is 28.6 Å². The Morgan fingerprint density at radius 3 is 3.04 bits per heavy atom. The molecule has 1 aliphatic heterocycles. The molecule has 2 saturated carbocycles. The van der Waals surface area contributed by atoms with Gasteiger partial charge in [0.2, 0.25) is 0 Å². The van der Waals surface area contributed by atoms with Crippen molar-refractivity contribution in [3.8, 4) is 6.07 Å². The number of nitrogens with zero attached hydrogens (tertiary/aromatic N) is 3. The molecule has 0 amide bonds. The van der Waals surface area contributed by atoms with Crippen LogP contribution in [0.5, 0.6) is 0 Å². The first kappa shape index (κ1) is 13.5. The fourth-order valence-corrected chi connectivity index (χ4v) is 4.66. The standard InChI is InChI=1S/C18H19N3O2/c19-9-13-1-2-15-16(7-13)21(12-20-15)11-17-8-14(17)3-4-18(10-17)22-5-6-23-18/h1-2,7,12,14H,3-6,8,10-11H2. The van der Waals surface area contributed by atoms with E-state index in [9.17, 15) is 0 Å². The number of aromatic nitrogens is 2. The van der Waals surface area contributed by atoms with Crippen molar-refractivity contribution in [3.63, 3.8) is 0 Å². The zero-order valence-corrected chi connectivity index (χ0v) is 13.0. The highest BCUT2D eigenvalue weighted by atomic mass is 16.7. The van der Waals surface area contributed by atoms with Crippen LogP contribution in [0.2, 0.25) is 0 Å². The number of imidazole rings is 1. The molecule has 0 bridgehead atoms. The summed E-state index contributed by atoms with van der Waals surface area (Å²) in [5, 5.41) is 9.13. The van der Waals surface area contributed by atoms with Crippen molar-refractivity contribution in [1.82, 2.24) is 9.55 Å². The van der Waals surface area contributed by atoms with Crippen molar-refractivity contribution in [1.29, 1.82) is 5.26 Å². The maximum absolute atomic E-state index is 9.13. The molecule has 2 aromatic rings. The summed E-state index contributed by atoms with van der Waals surface area (Å²) in [6.07, 6.45) is 6.37. The van der Waals surface area contributed by atoms with Gasteiger partial charge in [0.05, 0.1) is 42.2 Å². The van der Waals surface area contributed by atoms with E-state index in [4.69, 9.17) is 14.7 Å². The van der Waals surface area contributed by atoms with E-state index in [0.29, 0.717) is 5.56 Å². The van der Waals surface area contributed by atoms with Crippen LogP contribution < -0.4 is 0 Å². The van der Waals surface area contributed by atoms with Gasteiger partial charge in [0.25, 0.3) is 0 Å². The summed E-state index contributed by atoms with van der Waals surface area (Å²) in [4.78, 5) is 4.49. The van der Waals surface area contributed by atoms with Crippen LogP contribution in [0.1, 0.15) is 31.2 Å². The second-order valence-corrected chi connectivity index (χ2v) is 7.27. The summed E-state index contributed by atoms with van der Waals surface area (Å²) < 4.78 is 14.1. The van der Waals surface area contributed by atoms with E-state index < -0.39 is 0 Å². The van der Waals surface area contributed by atoms with Gasteiger partial charge in [-0.1, -0.05) is 0 Å². The van der Waals surface area contributed by atoms with Gasteiger partial charge in [0.1, 0.15) is 0 Å². The second-order valence-electron chi connectivity index (χ2n) is 7.27. The normalized spacial score (nSPS) is 31.2. The highest BCUT2D eigenvalue weighted by Gasteiger charge is 2.62. The van der Waals surface area contributed by atoms with E-state index in [2.05, 4.69) is 15.6 Å². The fourth-order valence-electron chi connectivity index (χ4n) is 4.66. The summed E-state index contributed by atoms with van der Waals surface area (Å²) >= 11 is 0. The summed E-state index contributed by atoms with van der Waals surface area (Å²) in [7, 11) is 0. The third-order valence-corrected chi connectivity index (χ3v) is 5.90. The molecule has 1 saturated heterocycles. The van der Waals surface area contributed by atoms with Gasteiger partial charge < -0.3 is 14.0 Å². The molecule has 2 heterocycles. The molecule has 1 aromatic heterocycles. The van der Waals surface area contributed by atoms with Gasteiger partial charge in [-0.25, -0.2) is 4.98 Å². The van der Waals surface area contributed by atoms with Gasteiger partial charge in [0.15, 0.2) is 5.79 Å². The van der Waals surface area contributed by atoms with E-state index in [1.807, 2.05) is 24.5 Å². The molecule has 1 aromatic carbocycles. The molecular formula is C18H19N3O2. The van der Waals surface area contributed by atoms with Crippen molar-refractivity contribution in [2.45, 2.75) is 38.0 Å². The van der Waals surface area contributed by atoms with Crippen molar-refractivity contribution >= 4 is 11.0 Å². The predicted molar refractivity (Wildman–Crippen MR) is 83.5 cm³/mol. The lowest BCUT2D eigenvalue weighted by atomic mass is 9.83. The van der Waals surface area contributed by atoms with E-state index in [1.165, 1.54) is 12.8 Å². The molecule has 3 aliphatic rings. The smallest absolute Gasteiger partial charge is 0.169 e. The Labute approximate surface area is 134 Å². The molecule has 2 unspecified atom stereocenters. The summed E-state index contributed by atoms with van der Waals surface area (Å²) in [6.45, 7) is 2.39. The lowest BCUT2D eigenvalue weighted by Crippen LogP contribution is -2.38. The lowest BCUT2D eigenvalue weighted by Gasteiger charge is -2.36. The van der Waals surface area contributed by atoms with Crippen LogP contribution >= 0.6 is 0 Å². The van der Waals surface area contributed by atoms with Gasteiger partial charge in [-0.15, -0.1) is 0 Å². The van der Waals surface area contributed by atoms with Crippen molar-refractivity contribution in [2.24, 2.45) is 11.3 Å². The predicted octanol–water partition coefficient (Wildman–Crippen LogP) is 2.84. The van der Waals surface area contributed by atoms with Crippen LogP contribution in [0.25, 0.3) is 11.0 Å². The largest absolute Gasteiger partial charge is 0.348 e. The zero-order valence-electron chi connectivity index (χ0n) is 13.0. The van der Waals surface area contributed by atoms with Crippen LogP contribution in [0.15, 0.2) is 24.5 Å². The maximum atomic E-state index is 9.13. The topological polar surface area (TPSA) is 60.1 Å². The van der Waals surface area contributed by atoms with E-state index in [0.717, 1.165) is 49.6 Å². The minimum atomic E-state index is -0.332. The maximum Gasteiger partial charge on any atom is 0.169 e. The number of hydrogen-bond donors (Lipinski definition) is 0. The summed E-state index contributed by atoms with van der Waals surface area (Å²) in [5.41, 5.74) is 2.97. The number of nitriles is 1. The van der Waals surface area contributed by atoms with Gasteiger partial charge in [-0.05, 0) is 42.4 Å². The molecule has 0 N–H and O–H groups in total. The van der Waals surface area contributed by atoms with E-state index in [1.54, 1.807) is 0 Å². The Kier molecular flexibility index (Phi) is 2.68. The zero-order chi connectivity index (χ0) is 15.5. The molecule has 5 heteroatoms. The quantitative estimate of drug-likeness (QED) is 0.856. The van der Waals surface area contributed by atoms with Crippen molar-refractivity contribution < 1.29 is 9.47 Å². The van der Waals surface area contributed by atoms with Crippen molar-refractivity contribution in [3.05, 3.63) is 30.1 Å². The first-order valence-electron chi connectivity index (χ1n) is 8.35. The average molecular weight is 309 g/mol. The van der Waals surface area contributed by atoms with E-state index >= 15 is 0 Å². The third kappa shape index (κ3) is 2.02. The monoisotopic (exact) mass is 309 g/mol. The number of hydrogen-bond acceptors (Lipinski definition) is 4. The van der Waals surface area contributed by atoms with Gasteiger partial charge >= 0.3 is 0 Å². The third-order valence-electron chi connectivity index (χ3n) is 5.90. The first-order chi connectivity index (χ1) is 11.2. The second kappa shape index (κ2) is 4.56. The van der Waals surface area contributed by atoms with Crippen LogP contribution in [0.4, 0.5) is 0 Å². The SMILES string of the molecule is N#Cc1ccc2ncn(CC34CC3CCC3(C4)OCCO3)c2c1. The molecule has 3 fully saturated rings. The molecular weight excluding hydrogens is 290 g/mol. The fraction of sp³-hybridized carbons (Fsp3) is 0.556. The molecule has 0 radical (unpaired) electrons. The summed E-state index contributed by atoms with van der Waals surface area (Å²) in [5.74, 6) is 0.443. The molecule has 23 heavy (non-hydrogen) atoms. The number of ether oxygens (including phenoxy) is 2. The Morgan fingerprint density at radius 1 is 1.35 bits per heavy atom. The highest BCUT2D eigenvalue weighted by Crippen LogP contribution is 2.65. The van der Waals surface area contributed by atoms with Gasteiger partial charge in [0, 0.05) is 19.4 Å². The van der Waals surface area contributed by atoms with Crippen LogP contribution in [-0.2, 0) is 16.0 Å². The van der Waals surface area contributed by atoms with E-state index in [-0.39, 0.29) is 11.2 Å². The minimum Gasteiger partial charge on any atom is -0.348 e. The molecule has 118 valence electrons. The minimum absolute atomic E-state index is 0.277. The number of fused-ring (bicyclic) bond motifs is 2. The molecule has 2 atom stereocenters. The Morgan fingerprint density at radius 2 is 2.22 bits per heavy atom. The lowest BCUT2D eigenvalue weighted by molar-refractivity contribution is -0.190. The Hall–Kier alpha value is -1.90. The van der Waals surface area contributed by atoms with Crippen molar-refractivity contribution in [2.75, 3.05) is 13.2 Å². The molecule has 1 spiro atoms. The highest BCUT2D eigenvalue weighted by molar-refractivity contribution is 5.77. The Bertz CT molecular complexity index is 815. The number of benzene rings is 1. The van der Waals surface area contributed by atoms with Gasteiger partial charge in [-0.3, -0.25) is 0 Å². The first-order valence-corrected chi connectivity index (χ1v) is 8.35. The van der Waals surface area contributed by atoms with Crippen LogP contribution in [0.3, 0.4) is 0 Å².